The fraction of sp³-hybridized carbons (Fsp3) is 0.375. The smallest absolute Gasteiger partial charge is 0.132 e. The van der Waals surface area contributed by atoms with Gasteiger partial charge in [0, 0.05) is 43.7 Å². The third-order valence-corrected chi connectivity index (χ3v) is 6.03. The molecule has 0 bridgehead atoms. The second-order valence-corrected chi connectivity index (χ2v) is 9.05. The van der Waals surface area contributed by atoms with E-state index in [-0.39, 0.29) is 11.3 Å². The summed E-state index contributed by atoms with van der Waals surface area (Å²) in [7, 11) is 1.83. The Labute approximate surface area is 194 Å². The quantitative estimate of drug-likeness (QED) is 0.247. The molecule has 0 atom stereocenters. The molecule has 0 unspecified atom stereocenters. The summed E-state index contributed by atoms with van der Waals surface area (Å²) < 4.78 is 5.36. The largest absolute Gasteiger partial charge is 0.404 e. The standard InChI is InChI=1S/C24H32N8O/c1-15(2)16(8-25)7-21(26)31-22-5-4-19-20(30-22)6-17(9-29-19)18(10-28-3)23(27)32-11-24(12-32)13-33-14-24/h4-10,15,27-28H,11-14,25-26H2,1-3H3,(H,30,31)/b16-8+,18-10-,21-7+,27-23?. The van der Waals surface area contributed by atoms with Gasteiger partial charge in [0.1, 0.15) is 17.5 Å². The third kappa shape index (κ3) is 4.63. The van der Waals surface area contributed by atoms with Gasteiger partial charge in [-0.05, 0) is 42.0 Å². The highest BCUT2D eigenvalue weighted by Crippen LogP contribution is 2.39. The SMILES string of the molecule is CN/C=C(\C(=N)N1CC2(COC2)C1)c1cnc2ccc(N/C(N)=C/C(=C\N)C(C)C)nc2c1. The summed E-state index contributed by atoms with van der Waals surface area (Å²) in [6, 6.07) is 5.68. The number of nitrogens with one attached hydrogen (secondary N) is 3. The lowest BCUT2D eigenvalue weighted by atomic mass is 9.77. The molecule has 9 nitrogen and oxygen atoms in total. The van der Waals surface area contributed by atoms with Crippen LogP contribution < -0.4 is 22.1 Å². The van der Waals surface area contributed by atoms with Crippen molar-refractivity contribution in [1.29, 1.82) is 5.41 Å². The van der Waals surface area contributed by atoms with Gasteiger partial charge in [0.05, 0.1) is 29.7 Å². The molecular formula is C24H32N8O. The molecule has 1 spiro atoms. The second-order valence-electron chi connectivity index (χ2n) is 9.05. The maximum atomic E-state index is 8.76. The highest BCUT2D eigenvalue weighted by molar-refractivity contribution is 6.21. The van der Waals surface area contributed by atoms with Crippen LogP contribution in [0.15, 0.2) is 54.3 Å². The van der Waals surface area contributed by atoms with E-state index in [0.717, 1.165) is 48.5 Å². The maximum Gasteiger partial charge on any atom is 0.132 e. The van der Waals surface area contributed by atoms with Gasteiger partial charge in [0.2, 0.25) is 0 Å². The first kappa shape index (κ1) is 22.6. The number of nitrogens with zero attached hydrogens (tertiary/aromatic N) is 3. The molecule has 2 saturated heterocycles. The summed E-state index contributed by atoms with van der Waals surface area (Å²) in [5, 5.41) is 14.9. The fourth-order valence-corrected chi connectivity index (χ4v) is 4.09. The van der Waals surface area contributed by atoms with E-state index < -0.39 is 0 Å². The van der Waals surface area contributed by atoms with Crippen LogP contribution >= 0.6 is 0 Å². The molecule has 2 aliphatic heterocycles. The van der Waals surface area contributed by atoms with Crippen LogP contribution in [0, 0.1) is 16.7 Å². The first-order chi connectivity index (χ1) is 15.8. The zero-order chi connectivity index (χ0) is 23.6. The Morgan fingerprint density at radius 1 is 1.27 bits per heavy atom. The van der Waals surface area contributed by atoms with Crippen LogP contribution in [0.3, 0.4) is 0 Å². The summed E-state index contributed by atoms with van der Waals surface area (Å²) >= 11 is 0. The molecule has 174 valence electrons. The number of likely N-dealkylation sites (tertiary alicyclic amines) is 1. The Balaban J connectivity index is 1.56. The molecule has 4 rings (SSSR count). The van der Waals surface area contributed by atoms with Crippen molar-refractivity contribution in [3.63, 3.8) is 0 Å². The predicted molar refractivity (Wildman–Crippen MR) is 132 cm³/mol. The molecular weight excluding hydrogens is 416 g/mol. The van der Waals surface area contributed by atoms with Crippen LogP contribution in [0.4, 0.5) is 5.82 Å². The normalized spacial score (nSPS) is 18.3. The van der Waals surface area contributed by atoms with Gasteiger partial charge in [-0.1, -0.05) is 13.8 Å². The van der Waals surface area contributed by atoms with E-state index in [1.54, 1.807) is 12.4 Å². The Bertz CT molecular complexity index is 1140. The van der Waals surface area contributed by atoms with Crippen molar-refractivity contribution in [3.05, 3.63) is 59.8 Å². The summed E-state index contributed by atoms with van der Waals surface area (Å²) in [4.78, 5) is 11.3. The molecule has 0 aliphatic carbocycles. The van der Waals surface area contributed by atoms with Gasteiger partial charge in [-0.3, -0.25) is 10.4 Å². The maximum absolute atomic E-state index is 8.76. The zero-order valence-electron chi connectivity index (χ0n) is 19.4. The molecule has 0 saturated carbocycles. The molecule has 2 aromatic rings. The molecule has 0 amide bonds. The number of ether oxygens (including phenoxy) is 1. The van der Waals surface area contributed by atoms with E-state index in [0.29, 0.717) is 23.0 Å². The Kier molecular flexibility index (Phi) is 6.24. The van der Waals surface area contributed by atoms with Crippen LogP contribution in [-0.4, -0.2) is 54.1 Å². The van der Waals surface area contributed by atoms with Crippen molar-refractivity contribution < 1.29 is 4.74 Å². The monoisotopic (exact) mass is 448 g/mol. The summed E-state index contributed by atoms with van der Waals surface area (Å²) in [6.07, 6.45) is 6.99. The van der Waals surface area contributed by atoms with Gasteiger partial charge < -0.3 is 31.7 Å². The molecule has 33 heavy (non-hydrogen) atoms. The number of hydrogen-bond acceptors (Lipinski definition) is 8. The van der Waals surface area contributed by atoms with Crippen LogP contribution in [0.25, 0.3) is 16.6 Å². The zero-order valence-corrected chi connectivity index (χ0v) is 19.4. The topological polar surface area (TPSA) is 138 Å². The minimum atomic E-state index is 0.239. The molecule has 4 heterocycles. The second kappa shape index (κ2) is 9.11. The minimum Gasteiger partial charge on any atom is -0.404 e. The number of nitrogens with two attached hydrogens (primary N) is 2. The van der Waals surface area contributed by atoms with E-state index in [1.807, 2.05) is 37.5 Å². The van der Waals surface area contributed by atoms with Crippen molar-refractivity contribution in [1.82, 2.24) is 20.2 Å². The fourth-order valence-electron chi connectivity index (χ4n) is 4.09. The van der Waals surface area contributed by atoms with Crippen molar-refractivity contribution in [2.75, 3.05) is 38.7 Å². The lowest BCUT2D eigenvalue weighted by Gasteiger charge is -2.56. The number of hydrogen-bond donors (Lipinski definition) is 5. The van der Waals surface area contributed by atoms with Crippen LogP contribution in [0.2, 0.25) is 0 Å². The van der Waals surface area contributed by atoms with Gasteiger partial charge in [0.15, 0.2) is 0 Å². The molecule has 2 aromatic heterocycles. The van der Waals surface area contributed by atoms with Crippen LogP contribution in [-0.2, 0) is 4.74 Å². The average molecular weight is 449 g/mol. The lowest BCUT2D eigenvalue weighted by molar-refractivity contribution is -0.170. The van der Waals surface area contributed by atoms with Crippen molar-refractivity contribution in [3.8, 4) is 0 Å². The molecule has 2 aliphatic rings. The molecule has 7 N–H and O–H groups in total. The van der Waals surface area contributed by atoms with E-state index in [2.05, 4.69) is 39.3 Å². The van der Waals surface area contributed by atoms with E-state index in [4.69, 9.17) is 21.6 Å². The van der Waals surface area contributed by atoms with Gasteiger partial charge in [-0.15, -0.1) is 0 Å². The average Bonchev–Trinajstić information content (AvgIpc) is 2.73. The van der Waals surface area contributed by atoms with Gasteiger partial charge in [-0.25, -0.2) is 4.98 Å². The number of fused-ring (bicyclic) bond motifs is 1. The number of allylic oxidation sites excluding steroid dienone is 2. The van der Waals surface area contributed by atoms with E-state index in [1.165, 1.54) is 0 Å². The first-order valence-electron chi connectivity index (χ1n) is 11.1. The molecule has 0 radical (unpaired) electrons. The highest BCUT2D eigenvalue weighted by Gasteiger charge is 2.50. The Morgan fingerprint density at radius 3 is 2.64 bits per heavy atom. The lowest BCUT2D eigenvalue weighted by Crippen LogP contribution is -2.67. The number of rotatable bonds is 7. The van der Waals surface area contributed by atoms with Gasteiger partial charge >= 0.3 is 0 Å². The summed E-state index contributed by atoms with van der Waals surface area (Å²) in [5.41, 5.74) is 16.1. The van der Waals surface area contributed by atoms with Crippen LogP contribution in [0.5, 0.6) is 0 Å². The summed E-state index contributed by atoms with van der Waals surface area (Å²) in [6.45, 7) is 7.38. The number of pyridine rings is 2. The van der Waals surface area contributed by atoms with Gasteiger partial charge in [-0.2, -0.15) is 0 Å². The first-order valence-corrected chi connectivity index (χ1v) is 11.1. The molecule has 9 heteroatoms. The summed E-state index contributed by atoms with van der Waals surface area (Å²) in [5.74, 6) is 1.80. The number of amidine groups is 1. The number of aromatic nitrogens is 2. The van der Waals surface area contributed by atoms with E-state index in [9.17, 15) is 0 Å². The molecule has 2 fully saturated rings. The van der Waals surface area contributed by atoms with Gasteiger partial charge in [0.25, 0.3) is 0 Å². The number of anilines is 1. The van der Waals surface area contributed by atoms with E-state index >= 15 is 0 Å². The van der Waals surface area contributed by atoms with Crippen molar-refractivity contribution in [2.45, 2.75) is 13.8 Å². The van der Waals surface area contributed by atoms with Crippen molar-refractivity contribution in [2.24, 2.45) is 22.8 Å². The van der Waals surface area contributed by atoms with Crippen LogP contribution in [0.1, 0.15) is 19.4 Å². The predicted octanol–water partition coefficient (Wildman–Crippen LogP) is 2.21. The third-order valence-electron chi connectivity index (χ3n) is 6.03. The molecule has 0 aromatic carbocycles. The Morgan fingerprint density at radius 2 is 2.03 bits per heavy atom. The Hall–Kier alpha value is -3.59. The van der Waals surface area contributed by atoms with Crippen molar-refractivity contribution >= 4 is 28.3 Å². The minimum absolute atomic E-state index is 0.239. The highest BCUT2D eigenvalue weighted by atomic mass is 16.5.